The van der Waals surface area contributed by atoms with Gasteiger partial charge in [-0.05, 0) is 55.0 Å². The highest BCUT2D eigenvalue weighted by atomic mass is 16.7. The van der Waals surface area contributed by atoms with Crippen LogP contribution in [-0.4, -0.2) is 236 Å². The lowest BCUT2D eigenvalue weighted by Gasteiger charge is -2.28. The monoisotopic (exact) mass is 1260 g/mol. The van der Waals surface area contributed by atoms with Gasteiger partial charge in [-0.2, -0.15) is 0 Å². The van der Waals surface area contributed by atoms with E-state index in [4.69, 9.17) is 9.57 Å². The summed E-state index contributed by atoms with van der Waals surface area (Å²) in [6.45, 7) is 0.489. The van der Waals surface area contributed by atoms with Gasteiger partial charge >= 0.3 is 5.97 Å². The van der Waals surface area contributed by atoms with Crippen molar-refractivity contribution in [1.82, 2.24) is 67.6 Å². The van der Waals surface area contributed by atoms with Crippen LogP contribution in [0.1, 0.15) is 115 Å². The van der Waals surface area contributed by atoms with E-state index in [1.165, 1.54) is 72.8 Å². The van der Waals surface area contributed by atoms with E-state index in [0.29, 0.717) is 5.06 Å². The zero-order valence-electron chi connectivity index (χ0n) is 49.7. The van der Waals surface area contributed by atoms with Gasteiger partial charge in [0.05, 0.1) is 64.4 Å². The van der Waals surface area contributed by atoms with Crippen molar-refractivity contribution in [2.75, 3.05) is 125 Å². The van der Waals surface area contributed by atoms with Crippen LogP contribution in [0.5, 0.6) is 23.0 Å². The van der Waals surface area contributed by atoms with Gasteiger partial charge in [0.25, 0.3) is 59.1 Å². The molecule has 0 spiro atoms. The summed E-state index contributed by atoms with van der Waals surface area (Å²) in [5.41, 5.74) is -1.72. The number of hydrogen-bond donors (Lipinski definition) is 13. The van der Waals surface area contributed by atoms with Crippen LogP contribution in [-0.2, 0) is 28.8 Å². The van der Waals surface area contributed by atoms with Gasteiger partial charge in [0, 0.05) is 130 Å². The van der Waals surface area contributed by atoms with Gasteiger partial charge in [0.2, 0.25) is 5.91 Å². The first-order chi connectivity index (χ1) is 43.8. The molecule has 8 bridgehead atoms. The number of hydrogen-bond acceptors (Lipinski definition) is 21. The van der Waals surface area contributed by atoms with Crippen LogP contribution in [0.25, 0.3) is 0 Å². The van der Waals surface area contributed by atoms with Crippen LogP contribution in [0.3, 0.4) is 0 Å². The second-order valence-corrected chi connectivity index (χ2v) is 20.9. The zero-order valence-corrected chi connectivity index (χ0v) is 49.7. The first kappa shape index (κ1) is 68.3. The number of imide groups is 1. The van der Waals surface area contributed by atoms with Gasteiger partial charge in [-0.3, -0.25) is 67.4 Å². The third kappa shape index (κ3) is 19.6. The molecule has 4 heterocycles. The molecule has 0 aromatic heterocycles. The summed E-state index contributed by atoms with van der Waals surface area (Å²) in [7, 11) is 0. The van der Waals surface area contributed by atoms with Gasteiger partial charge in [0.15, 0.2) is 0 Å². The van der Waals surface area contributed by atoms with E-state index < -0.39 is 93.9 Å². The maximum atomic E-state index is 13.9. The van der Waals surface area contributed by atoms with Crippen LogP contribution >= 0.6 is 0 Å². The van der Waals surface area contributed by atoms with Crippen molar-refractivity contribution < 1.29 is 87.5 Å². The Bertz CT molecular complexity index is 3280. The Morgan fingerprint density at radius 2 is 0.791 bits per heavy atom. The summed E-state index contributed by atoms with van der Waals surface area (Å²) < 4.78 is 5.49. The largest absolute Gasteiger partial charge is 0.506 e. The molecule has 31 heteroatoms. The number of nitrogens with zero attached hydrogens (tertiary/aromatic N) is 4. The highest BCUT2D eigenvalue weighted by Crippen LogP contribution is 2.26. The fourth-order valence-corrected chi connectivity index (χ4v) is 9.66. The molecular formula is C60H73N13O18. The molecule has 4 aliphatic rings. The number of rotatable bonds is 15. The van der Waals surface area contributed by atoms with Crippen LogP contribution in [0.4, 0.5) is 0 Å². The number of carbonyl (C=O) groups is 12. The van der Waals surface area contributed by atoms with Gasteiger partial charge in [0.1, 0.15) is 23.0 Å². The standard InChI is InChI=1S/C60H73N13O18/c74-45(14-5-15-48(77)91-73-46(75)16-17-47(73)76)61-24-34-90-35-25-68-59(88)43-12-4-13-44(52(43)81)60(89)69-36-72-31-23-67-58(87)42-11-3-8-39(51(42)80)55(84)64-20-28-70-26-18-62-53(82)37-6-1-9-40(49(37)78)56(85)65-21-29-71(32-33-72)30-22-66-57(86)41-10-2-7-38(50(41)79)54(83)63-19-27-70/h1-4,6-13,78-81H,5,14-36H2,(H,61,74)(H,62,82)(H,63,83)(H,64,84)(H,65,85)(H,66,86)(H,67,87)(H,68,88)(H,69,89). The quantitative estimate of drug-likeness (QED) is 0.0464. The number of carbonyl (C=O) groups excluding carboxylic acids is 12. The summed E-state index contributed by atoms with van der Waals surface area (Å²) in [5.74, 6) is -10.7. The average molecular weight is 1260 g/mol. The number of phenolic OH excluding ortho intramolecular Hbond substituents is 4. The summed E-state index contributed by atoms with van der Waals surface area (Å²) in [5, 5.41) is 69.8. The number of hydroxylamine groups is 2. The highest BCUT2D eigenvalue weighted by molar-refractivity contribution is 6.07. The molecule has 0 aliphatic carbocycles. The number of aromatic hydroxyl groups is 4. The maximum absolute atomic E-state index is 13.9. The van der Waals surface area contributed by atoms with Gasteiger partial charge in [-0.1, -0.05) is 24.3 Å². The summed E-state index contributed by atoms with van der Waals surface area (Å²) in [6.07, 6.45) is -0.239. The summed E-state index contributed by atoms with van der Waals surface area (Å²) in [6, 6.07) is 16.3. The van der Waals surface area contributed by atoms with E-state index in [2.05, 4.69) is 47.9 Å². The predicted octanol–water partition coefficient (Wildman–Crippen LogP) is -1.75. The predicted molar refractivity (Wildman–Crippen MR) is 320 cm³/mol. The molecule has 486 valence electrons. The highest BCUT2D eigenvalue weighted by Gasteiger charge is 2.33. The van der Waals surface area contributed by atoms with Crippen molar-refractivity contribution in [2.24, 2.45) is 0 Å². The number of benzene rings is 4. The van der Waals surface area contributed by atoms with E-state index in [0.717, 1.165) is 0 Å². The second kappa shape index (κ2) is 33.9. The molecule has 8 rings (SSSR count). The van der Waals surface area contributed by atoms with E-state index in [9.17, 15) is 78.0 Å². The van der Waals surface area contributed by atoms with E-state index in [1.54, 1.807) is 9.80 Å². The van der Waals surface area contributed by atoms with Gasteiger partial charge < -0.3 is 77.9 Å². The van der Waals surface area contributed by atoms with E-state index >= 15 is 0 Å². The second-order valence-electron chi connectivity index (χ2n) is 20.9. The summed E-state index contributed by atoms with van der Waals surface area (Å²) >= 11 is 0. The lowest BCUT2D eigenvalue weighted by molar-refractivity contribution is -0.197. The Morgan fingerprint density at radius 3 is 1.21 bits per heavy atom. The maximum Gasteiger partial charge on any atom is 0.333 e. The molecule has 91 heavy (non-hydrogen) atoms. The third-order valence-electron chi connectivity index (χ3n) is 14.7. The average Bonchev–Trinajstić information content (AvgIpc) is 2.84. The molecule has 13 N–H and O–H groups in total. The van der Waals surface area contributed by atoms with Gasteiger partial charge in [-0.25, -0.2) is 4.79 Å². The Morgan fingerprint density at radius 1 is 0.429 bits per heavy atom. The zero-order chi connectivity index (χ0) is 65.4. The summed E-state index contributed by atoms with van der Waals surface area (Å²) in [4.78, 5) is 166. The minimum Gasteiger partial charge on any atom is -0.506 e. The smallest absolute Gasteiger partial charge is 0.333 e. The molecule has 1 saturated heterocycles. The number of para-hydroxylation sites is 4. The van der Waals surface area contributed by atoms with Crippen molar-refractivity contribution in [3.8, 4) is 23.0 Å². The number of ether oxygens (including phenoxy) is 1. The van der Waals surface area contributed by atoms with E-state index in [-0.39, 0.29) is 201 Å². The topological polar surface area (TPSA) is 425 Å². The van der Waals surface area contributed by atoms with Crippen molar-refractivity contribution >= 4 is 70.9 Å². The molecule has 4 aliphatic heterocycles. The fourth-order valence-electron chi connectivity index (χ4n) is 9.66. The Labute approximate surface area is 521 Å². The number of phenols is 4. The molecule has 0 unspecified atom stereocenters. The number of fused-ring (bicyclic) bond motifs is 21. The Hall–Kier alpha value is -10.2. The van der Waals surface area contributed by atoms with Crippen molar-refractivity contribution in [3.05, 3.63) is 117 Å². The van der Waals surface area contributed by atoms with Crippen LogP contribution < -0.4 is 47.9 Å². The fraction of sp³-hybridized carbons (Fsp3) is 0.400. The normalized spacial score (nSPS) is 17.9. The SMILES string of the molecule is O=C(CCCC(=O)ON1C(=O)CCC1=O)NCCOCCNC(=O)c1cccc(C(=O)NCN2CCNC(=O)c3cccc(c3O)C(=O)NCCN3CCNC(=O)c4cccc(c4O)C(=O)NCCN(CCNC(=O)c4cccc(c4O)C(=O)NCC3)CC2)c1O. The molecule has 0 radical (unpaired) electrons. The minimum atomic E-state index is -0.825. The molecular weight excluding hydrogens is 1190 g/mol. The molecule has 0 atom stereocenters. The Balaban J connectivity index is 1.03. The van der Waals surface area contributed by atoms with Crippen molar-refractivity contribution in [1.29, 1.82) is 0 Å². The number of nitrogens with one attached hydrogen (secondary N) is 9. The number of amides is 11. The molecule has 1 fully saturated rings. The van der Waals surface area contributed by atoms with Crippen molar-refractivity contribution in [3.63, 3.8) is 0 Å². The van der Waals surface area contributed by atoms with Crippen LogP contribution in [0.2, 0.25) is 0 Å². The van der Waals surface area contributed by atoms with Crippen LogP contribution in [0, 0.1) is 0 Å². The van der Waals surface area contributed by atoms with E-state index in [1.807, 2.05) is 4.90 Å². The Kier molecular flexibility index (Phi) is 25.4. The first-order valence-corrected chi connectivity index (χ1v) is 29.4. The lowest BCUT2D eigenvalue weighted by atomic mass is 10.1. The molecule has 4 aromatic rings. The minimum absolute atomic E-state index is 0.00861. The lowest BCUT2D eigenvalue weighted by Crippen LogP contribution is -2.47. The van der Waals surface area contributed by atoms with Gasteiger partial charge in [-0.15, -0.1) is 5.06 Å². The molecule has 11 amide bonds. The molecule has 31 nitrogen and oxygen atoms in total. The van der Waals surface area contributed by atoms with Crippen LogP contribution in [0.15, 0.2) is 72.8 Å². The van der Waals surface area contributed by atoms with Crippen molar-refractivity contribution in [2.45, 2.75) is 32.1 Å². The first-order valence-electron chi connectivity index (χ1n) is 29.4. The molecule has 4 aromatic carbocycles. The third-order valence-corrected chi connectivity index (χ3v) is 14.7. The molecule has 0 saturated carbocycles.